The molecule has 4 heteroatoms. The largest absolute Gasteiger partial charge is 0.424 e. The number of nitrogens with zero attached hydrogens (tertiary/aromatic N) is 2. The van der Waals surface area contributed by atoms with E-state index >= 15 is 0 Å². The van der Waals surface area contributed by atoms with Crippen molar-refractivity contribution in [1.82, 2.24) is 9.55 Å². The van der Waals surface area contributed by atoms with Crippen LogP contribution in [-0.2, 0) is 7.05 Å². The summed E-state index contributed by atoms with van der Waals surface area (Å²) in [5.74, 6) is 0.702. The van der Waals surface area contributed by atoms with Crippen LogP contribution in [-0.4, -0.2) is 9.55 Å². The van der Waals surface area contributed by atoms with E-state index in [0.29, 0.717) is 5.76 Å². The lowest BCUT2D eigenvalue weighted by atomic mass is 10.3. The number of hydrogen-bond acceptors (Lipinski definition) is 3. The molecule has 0 bridgehead atoms. The highest BCUT2D eigenvalue weighted by Gasteiger charge is 2.03. The Balaban J connectivity index is 2.43. The molecule has 0 aliphatic rings. The Hall–Kier alpha value is -1.71. The number of hydrogen-bond donors (Lipinski definition) is 1. The summed E-state index contributed by atoms with van der Waals surface area (Å²) in [4.78, 5) is 3.80. The molecule has 0 unspecified atom stereocenters. The number of nitrogens with two attached hydrogens (primary N) is 1. The maximum atomic E-state index is 5.34. The molecule has 0 aliphatic carbocycles. The first-order valence-corrected chi connectivity index (χ1v) is 3.59. The maximum Gasteiger partial charge on any atom is 0.292 e. The molecule has 2 N–H and O–H groups in total. The van der Waals surface area contributed by atoms with Gasteiger partial charge in [0.15, 0.2) is 5.76 Å². The fourth-order valence-electron chi connectivity index (χ4n) is 1.07. The molecular formula is C8H9N3O. The molecule has 0 saturated carbocycles. The fraction of sp³-hybridized carbons (Fsp3) is 0.125. The predicted molar refractivity (Wildman–Crippen MR) is 45.3 cm³/mol. The van der Waals surface area contributed by atoms with Crippen molar-refractivity contribution in [3.05, 3.63) is 24.7 Å². The van der Waals surface area contributed by atoms with Gasteiger partial charge in [-0.2, -0.15) is 0 Å². The minimum atomic E-state index is 0.203. The van der Waals surface area contributed by atoms with Crippen molar-refractivity contribution in [2.75, 3.05) is 5.73 Å². The minimum absolute atomic E-state index is 0.203. The van der Waals surface area contributed by atoms with Crippen LogP contribution in [0.4, 0.5) is 6.01 Å². The van der Waals surface area contributed by atoms with Gasteiger partial charge in [0.25, 0.3) is 6.01 Å². The molecule has 0 radical (unpaired) electrons. The monoisotopic (exact) mass is 163 g/mol. The van der Waals surface area contributed by atoms with Gasteiger partial charge in [0, 0.05) is 25.0 Å². The predicted octanol–water partition coefficient (Wildman–Crippen LogP) is 1.26. The number of anilines is 1. The van der Waals surface area contributed by atoms with Crippen molar-refractivity contribution in [2.24, 2.45) is 7.05 Å². The second-order valence-electron chi connectivity index (χ2n) is 2.63. The second-order valence-corrected chi connectivity index (χ2v) is 2.63. The van der Waals surface area contributed by atoms with Gasteiger partial charge in [-0.05, 0) is 6.07 Å². The van der Waals surface area contributed by atoms with Gasteiger partial charge >= 0.3 is 0 Å². The molecule has 0 aliphatic heterocycles. The third kappa shape index (κ3) is 1.07. The lowest BCUT2D eigenvalue weighted by molar-refractivity contribution is 0.595. The van der Waals surface area contributed by atoms with Gasteiger partial charge in [0.1, 0.15) is 0 Å². The van der Waals surface area contributed by atoms with Crippen LogP contribution in [0.15, 0.2) is 29.1 Å². The van der Waals surface area contributed by atoms with Crippen LogP contribution in [0.5, 0.6) is 0 Å². The van der Waals surface area contributed by atoms with Crippen LogP contribution in [0.2, 0.25) is 0 Å². The Kier molecular flexibility index (Phi) is 1.40. The quantitative estimate of drug-likeness (QED) is 0.688. The maximum absolute atomic E-state index is 5.34. The Bertz CT molecular complexity index is 350. The molecule has 0 spiro atoms. The van der Waals surface area contributed by atoms with E-state index in [1.165, 1.54) is 0 Å². The van der Waals surface area contributed by atoms with Gasteiger partial charge in [-0.15, -0.1) is 0 Å². The minimum Gasteiger partial charge on any atom is -0.424 e. The third-order valence-corrected chi connectivity index (χ3v) is 1.64. The number of oxazole rings is 1. The molecule has 2 rings (SSSR count). The molecule has 2 heterocycles. The first-order valence-electron chi connectivity index (χ1n) is 3.59. The van der Waals surface area contributed by atoms with E-state index in [2.05, 4.69) is 4.98 Å². The molecule has 0 aromatic carbocycles. The first kappa shape index (κ1) is 6.97. The summed E-state index contributed by atoms with van der Waals surface area (Å²) in [6, 6.07) is 2.15. The fourth-order valence-corrected chi connectivity index (χ4v) is 1.07. The van der Waals surface area contributed by atoms with Crippen LogP contribution >= 0.6 is 0 Å². The summed E-state index contributed by atoms with van der Waals surface area (Å²) in [5.41, 5.74) is 6.33. The first-order chi connectivity index (χ1) is 5.75. The van der Waals surface area contributed by atoms with E-state index in [4.69, 9.17) is 10.2 Å². The molecule has 62 valence electrons. The summed E-state index contributed by atoms with van der Waals surface area (Å²) in [7, 11) is 1.95. The topological polar surface area (TPSA) is 57.0 Å². The summed E-state index contributed by atoms with van der Waals surface area (Å²) in [6.45, 7) is 0. The average Bonchev–Trinajstić information content (AvgIpc) is 2.58. The third-order valence-electron chi connectivity index (χ3n) is 1.64. The van der Waals surface area contributed by atoms with Gasteiger partial charge < -0.3 is 14.7 Å². The average molecular weight is 163 g/mol. The van der Waals surface area contributed by atoms with Crippen LogP contribution < -0.4 is 5.73 Å². The van der Waals surface area contributed by atoms with Crippen LogP contribution in [0.25, 0.3) is 11.3 Å². The lowest BCUT2D eigenvalue weighted by Crippen LogP contribution is -1.80. The highest BCUT2D eigenvalue weighted by molar-refractivity contribution is 5.56. The Morgan fingerprint density at radius 1 is 1.58 bits per heavy atom. The second kappa shape index (κ2) is 2.41. The molecular weight excluding hydrogens is 154 g/mol. The van der Waals surface area contributed by atoms with Crippen molar-refractivity contribution >= 4 is 6.01 Å². The van der Waals surface area contributed by atoms with Crippen molar-refractivity contribution in [3.8, 4) is 11.3 Å². The highest BCUT2D eigenvalue weighted by atomic mass is 16.4. The number of aromatic nitrogens is 2. The standard InChI is InChI=1S/C8H9N3O/c1-11-3-2-6(5-11)7-4-10-8(9)12-7/h2-5H,1H3,(H2,9,10). The van der Waals surface area contributed by atoms with Gasteiger partial charge in [0.2, 0.25) is 0 Å². The summed E-state index contributed by atoms with van der Waals surface area (Å²) in [6.07, 6.45) is 5.50. The van der Waals surface area contributed by atoms with E-state index in [9.17, 15) is 0 Å². The van der Waals surface area contributed by atoms with Crippen LogP contribution in [0, 0.1) is 0 Å². The van der Waals surface area contributed by atoms with Crippen LogP contribution in [0.1, 0.15) is 0 Å². The van der Waals surface area contributed by atoms with E-state index in [1.54, 1.807) is 6.20 Å². The molecule has 0 atom stereocenters. The smallest absolute Gasteiger partial charge is 0.292 e. The van der Waals surface area contributed by atoms with Gasteiger partial charge in [-0.1, -0.05) is 0 Å². The van der Waals surface area contributed by atoms with E-state index in [0.717, 1.165) is 5.56 Å². The number of nitrogen functional groups attached to an aromatic ring is 1. The molecule has 2 aromatic heterocycles. The SMILES string of the molecule is Cn1ccc(-c2cnc(N)o2)c1. The Morgan fingerprint density at radius 2 is 2.42 bits per heavy atom. The van der Waals surface area contributed by atoms with Gasteiger partial charge in [-0.3, -0.25) is 0 Å². The summed E-state index contributed by atoms with van der Waals surface area (Å²) >= 11 is 0. The molecule has 0 saturated heterocycles. The van der Waals surface area contributed by atoms with E-state index < -0.39 is 0 Å². The van der Waals surface area contributed by atoms with Crippen molar-refractivity contribution in [2.45, 2.75) is 0 Å². The highest BCUT2D eigenvalue weighted by Crippen LogP contribution is 2.20. The number of aryl methyl sites for hydroxylation is 1. The summed E-state index contributed by atoms with van der Waals surface area (Å²) < 4.78 is 7.07. The van der Waals surface area contributed by atoms with Gasteiger partial charge in [-0.25, -0.2) is 4.98 Å². The molecule has 4 nitrogen and oxygen atoms in total. The zero-order chi connectivity index (χ0) is 8.55. The Labute approximate surface area is 69.6 Å². The molecule has 2 aromatic rings. The van der Waals surface area contributed by atoms with E-state index in [1.807, 2.05) is 30.1 Å². The van der Waals surface area contributed by atoms with Crippen molar-refractivity contribution < 1.29 is 4.42 Å². The van der Waals surface area contributed by atoms with Crippen LogP contribution in [0.3, 0.4) is 0 Å². The van der Waals surface area contributed by atoms with Crippen molar-refractivity contribution in [3.63, 3.8) is 0 Å². The lowest BCUT2D eigenvalue weighted by Gasteiger charge is -1.87. The van der Waals surface area contributed by atoms with E-state index in [-0.39, 0.29) is 6.01 Å². The zero-order valence-electron chi connectivity index (χ0n) is 6.69. The molecule has 0 amide bonds. The zero-order valence-corrected chi connectivity index (χ0v) is 6.69. The Morgan fingerprint density at radius 3 is 2.92 bits per heavy atom. The van der Waals surface area contributed by atoms with Gasteiger partial charge in [0.05, 0.1) is 6.20 Å². The van der Waals surface area contributed by atoms with Crippen molar-refractivity contribution in [1.29, 1.82) is 0 Å². The molecule has 12 heavy (non-hydrogen) atoms. The summed E-state index contributed by atoms with van der Waals surface area (Å²) in [5, 5.41) is 0. The molecule has 0 fully saturated rings. The normalized spacial score (nSPS) is 10.4. The number of rotatable bonds is 1.